The average molecular weight is 490 g/mol. The molecule has 1 aliphatic rings. The van der Waals surface area contributed by atoms with Crippen LogP contribution >= 0.6 is 34.5 Å². The Morgan fingerprint density at radius 1 is 1.39 bits per heavy atom. The van der Waals surface area contributed by atoms with Crippen molar-refractivity contribution < 1.29 is 24.3 Å². The normalized spacial score (nSPS) is 19.1. The summed E-state index contributed by atoms with van der Waals surface area (Å²) in [5, 5.41) is 17.0. The summed E-state index contributed by atoms with van der Waals surface area (Å²) in [5.74, 6) is -1.47. The summed E-state index contributed by atoms with van der Waals surface area (Å²) in [5.41, 5.74) is 1.03. The van der Waals surface area contributed by atoms with Crippen LogP contribution in [0.2, 0.25) is 10.0 Å². The van der Waals surface area contributed by atoms with Gasteiger partial charge in [-0.25, -0.2) is 9.78 Å². The molecule has 3 N–H and O–H groups in total. The zero-order chi connectivity index (χ0) is 22.7. The number of carboxylic acid groups (broad SMARTS) is 1. The number of oxime groups is 1. The molecule has 0 bridgehead atoms. The van der Waals surface area contributed by atoms with Gasteiger partial charge < -0.3 is 29.9 Å². The highest BCUT2D eigenvalue weighted by Crippen LogP contribution is 2.31. The Kier molecular flexibility index (Phi) is 7.42. The zero-order valence-electron chi connectivity index (χ0n) is 16.9. The van der Waals surface area contributed by atoms with Crippen LogP contribution in [0.1, 0.15) is 38.0 Å². The van der Waals surface area contributed by atoms with Gasteiger partial charge in [-0.1, -0.05) is 39.7 Å². The van der Waals surface area contributed by atoms with Gasteiger partial charge in [0.2, 0.25) is 0 Å². The van der Waals surface area contributed by atoms with Gasteiger partial charge in [-0.2, -0.15) is 0 Å². The number of aromatic carboxylic acids is 1. The van der Waals surface area contributed by atoms with Crippen molar-refractivity contribution in [3.05, 3.63) is 32.0 Å². The third kappa shape index (κ3) is 4.95. The second-order valence-corrected chi connectivity index (χ2v) is 8.51. The summed E-state index contributed by atoms with van der Waals surface area (Å²) in [6.07, 6.45) is 1.47. The molecule has 1 aliphatic heterocycles. The molecule has 2 aromatic rings. The number of carboxylic acids is 1. The molecule has 13 heteroatoms. The number of methoxy groups -OCH3 is 1. The molecule has 2 aromatic heterocycles. The molecule has 168 valence electrons. The molecule has 3 rings (SSSR count). The summed E-state index contributed by atoms with van der Waals surface area (Å²) in [6.45, 7) is 2.68. The van der Waals surface area contributed by atoms with Crippen LogP contribution in [0, 0.1) is 6.92 Å². The van der Waals surface area contributed by atoms with E-state index in [4.69, 9.17) is 27.9 Å². The molecule has 31 heavy (non-hydrogen) atoms. The lowest BCUT2D eigenvalue weighted by molar-refractivity contribution is 0.0540. The number of nitrogens with one attached hydrogen (secondary N) is 2. The molecule has 10 nitrogen and oxygen atoms in total. The lowest BCUT2D eigenvalue weighted by Gasteiger charge is -2.37. The van der Waals surface area contributed by atoms with E-state index in [1.54, 1.807) is 14.0 Å². The van der Waals surface area contributed by atoms with Gasteiger partial charge >= 0.3 is 5.97 Å². The third-order valence-electron chi connectivity index (χ3n) is 4.85. The lowest BCUT2D eigenvalue weighted by Crippen LogP contribution is -2.55. The molecule has 0 aromatic carbocycles. The van der Waals surface area contributed by atoms with Gasteiger partial charge in [0, 0.05) is 25.9 Å². The number of aromatic amines is 1. The van der Waals surface area contributed by atoms with Gasteiger partial charge in [-0.05, 0) is 13.3 Å². The van der Waals surface area contributed by atoms with Crippen LogP contribution in [0.15, 0.2) is 5.16 Å². The molecule has 1 saturated heterocycles. The Morgan fingerprint density at radius 3 is 2.71 bits per heavy atom. The lowest BCUT2D eigenvalue weighted by atomic mass is 10.0. The molecule has 1 fully saturated rings. The van der Waals surface area contributed by atoms with Crippen molar-refractivity contribution in [3.8, 4) is 0 Å². The number of halogens is 2. The fourth-order valence-corrected chi connectivity index (χ4v) is 4.59. The van der Waals surface area contributed by atoms with E-state index in [2.05, 4.69) is 25.3 Å². The summed E-state index contributed by atoms with van der Waals surface area (Å²) < 4.78 is 5.59. The zero-order valence-corrected chi connectivity index (χ0v) is 19.3. The fraction of sp³-hybridized carbons (Fsp3) is 0.444. The Hall–Kier alpha value is -2.34. The van der Waals surface area contributed by atoms with Crippen LogP contribution in [0.4, 0.5) is 5.13 Å². The van der Waals surface area contributed by atoms with Gasteiger partial charge in [0.05, 0.1) is 28.4 Å². The maximum Gasteiger partial charge on any atom is 0.348 e. The van der Waals surface area contributed by atoms with E-state index in [1.807, 2.05) is 4.90 Å². The van der Waals surface area contributed by atoms with E-state index in [0.717, 1.165) is 11.3 Å². The van der Waals surface area contributed by atoms with Crippen LogP contribution in [0.25, 0.3) is 0 Å². The molecule has 0 saturated carbocycles. The quantitative estimate of drug-likeness (QED) is 0.402. The monoisotopic (exact) mass is 489 g/mol. The third-order valence-corrected chi connectivity index (χ3v) is 6.91. The van der Waals surface area contributed by atoms with Gasteiger partial charge in [-0.15, -0.1) is 0 Å². The summed E-state index contributed by atoms with van der Waals surface area (Å²) >= 11 is 13.2. The van der Waals surface area contributed by atoms with Crippen LogP contribution in [-0.4, -0.2) is 72.6 Å². The number of aromatic nitrogens is 2. The van der Waals surface area contributed by atoms with Gasteiger partial charge in [0.25, 0.3) is 5.91 Å². The van der Waals surface area contributed by atoms with E-state index in [9.17, 15) is 14.7 Å². The van der Waals surface area contributed by atoms with Crippen LogP contribution in [0.3, 0.4) is 0 Å². The predicted molar refractivity (Wildman–Crippen MR) is 118 cm³/mol. The summed E-state index contributed by atoms with van der Waals surface area (Å²) in [7, 11) is 2.92. The number of amides is 1. The summed E-state index contributed by atoms with van der Waals surface area (Å²) in [6, 6.07) is -0.277. The first-order chi connectivity index (χ1) is 14.8. The minimum atomic E-state index is -1.09. The SMILES string of the molecule is CO/N=C\c1nc(N2CCC(NC(=O)c3[nH]c(C)c(Cl)c3Cl)C(OC)C2)sc1C(=O)O. The Labute approximate surface area is 192 Å². The number of H-pyrrole nitrogens is 1. The predicted octanol–water partition coefficient (Wildman–Crippen LogP) is 2.79. The number of hydrogen-bond donors (Lipinski definition) is 3. The second kappa shape index (κ2) is 9.86. The number of thiazole rings is 1. The molecule has 2 unspecified atom stereocenters. The standard InChI is InChI=1S/C18H21Cl2N5O5S/c1-8-12(19)13(20)14(22-8)16(26)23-9-4-5-25(7-11(9)29-2)18-24-10(6-21-30-3)15(31-18)17(27)28/h6,9,11,22H,4-5,7H2,1-3H3,(H,23,26)(H,27,28)/b21-6-. The van der Waals surface area contributed by atoms with Crippen molar-refractivity contribution in [2.24, 2.45) is 5.16 Å². The Balaban J connectivity index is 1.73. The van der Waals surface area contributed by atoms with E-state index in [-0.39, 0.29) is 39.3 Å². The van der Waals surface area contributed by atoms with E-state index in [0.29, 0.717) is 35.4 Å². The van der Waals surface area contributed by atoms with Crippen LogP contribution < -0.4 is 10.2 Å². The van der Waals surface area contributed by atoms with E-state index in [1.165, 1.54) is 13.3 Å². The number of ether oxygens (including phenoxy) is 1. The van der Waals surface area contributed by atoms with Gasteiger partial charge in [0.1, 0.15) is 23.4 Å². The number of nitrogens with zero attached hydrogens (tertiary/aromatic N) is 3. The van der Waals surface area contributed by atoms with E-state index < -0.39 is 5.97 Å². The highest BCUT2D eigenvalue weighted by molar-refractivity contribution is 7.17. The van der Waals surface area contributed by atoms with Gasteiger partial charge in [0.15, 0.2) is 5.13 Å². The summed E-state index contributed by atoms with van der Waals surface area (Å²) in [4.78, 5) is 38.1. The molecule has 2 atom stereocenters. The van der Waals surface area contributed by atoms with Gasteiger partial charge in [-0.3, -0.25) is 4.79 Å². The molecule has 0 spiro atoms. The number of carbonyl (C=O) groups is 2. The number of carbonyl (C=O) groups excluding carboxylic acids is 1. The molecular formula is C18H21Cl2N5O5S. The number of hydrogen-bond acceptors (Lipinski definition) is 8. The minimum Gasteiger partial charge on any atom is -0.477 e. The first-order valence-corrected chi connectivity index (χ1v) is 10.8. The smallest absolute Gasteiger partial charge is 0.348 e. The van der Waals surface area contributed by atoms with Crippen molar-refractivity contribution in [1.29, 1.82) is 0 Å². The molecule has 3 heterocycles. The van der Waals surface area contributed by atoms with Crippen LogP contribution in [-0.2, 0) is 9.57 Å². The minimum absolute atomic E-state index is 0.0637. The maximum atomic E-state index is 12.7. The van der Waals surface area contributed by atoms with Crippen molar-refractivity contribution in [2.75, 3.05) is 32.2 Å². The molecular weight excluding hydrogens is 469 g/mol. The number of piperidine rings is 1. The number of rotatable bonds is 7. The highest BCUT2D eigenvalue weighted by Gasteiger charge is 2.33. The van der Waals surface area contributed by atoms with E-state index >= 15 is 0 Å². The molecule has 1 amide bonds. The highest BCUT2D eigenvalue weighted by atomic mass is 35.5. The van der Waals surface area contributed by atoms with Crippen molar-refractivity contribution in [2.45, 2.75) is 25.5 Å². The first kappa shape index (κ1) is 23.3. The first-order valence-electron chi connectivity index (χ1n) is 9.19. The second-order valence-electron chi connectivity index (χ2n) is 6.77. The van der Waals surface area contributed by atoms with Crippen molar-refractivity contribution in [1.82, 2.24) is 15.3 Å². The Bertz CT molecular complexity index is 1010. The van der Waals surface area contributed by atoms with Crippen molar-refractivity contribution in [3.63, 3.8) is 0 Å². The molecule has 0 radical (unpaired) electrons. The Morgan fingerprint density at radius 2 is 2.13 bits per heavy atom. The van der Waals surface area contributed by atoms with Crippen molar-refractivity contribution >= 4 is 57.8 Å². The maximum absolute atomic E-state index is 12.7. The number of aryl methyl sites for hydroxylation is 1. The average Bonchev–Trinajstić information content (AvgIpc) is 3.29. The van der Waals surface area contributed by atoms with Crippen LogP contribution in [0.5, 0.6) is 0 Å². The fourth-order valence-electron chi connectivity index (χ4n) is 3.26. The molecule has 0 aliphatic carbocycles. The largest absolute Gasteiger partial charge is 0.477 e. The topological polar surface area (TPSA) is 129 Å². The number of anilines is 1.